The molecule has 1 aromatic carbocycles. The Morgan fingerprint density at radius 1 is 1.28 bits per heavy atom. The second kappa shape index (κ2) is 5.53. The summed E-state index contributed by atoms with van der Waals surface area (Å²) in [5.41, 5.74) is 1.16. The second-order valence-electron chi connectivity index (χ2n) is 5.53. The summed E-state index contributed by atoms with van der Waals surface area (Å²) in [6.45, 7) is 5.15. The van der Waals surface area contributed by atoms with Gasteiger partial charge in [-0.05, 0) is 32.3 Å². The first-order valence-corrected chi connectivity index (χ1v) is 6.68. The van der Waals surface area contributed by atoms with Gasteiger partial charge in [-0.2, -0.15) is 0 Å². The summed E-state index contributed by atoms with van der Waals surface area (Å²) in [6, 6.07) is 10.7. The number of carbonyl (C=O) groups excluding carboxylic acids is 1. The highest BCUT2D eigenvalue weighted by atomic mass is 16.1. The molecule has 1 amide bonds. The van der Waals surface area contributed by atoms with E-state index in [0.29, 0.717) is 6.42 Å². The van der Waals surface area contributed by atoms with Crippen LogP contribution in [-0.2, 0) is 10.3 Å². The number of hydrogen-bond acceptors (Lipinski definition) is 2. The van der Waals surface area contributed by atoms with Crippen LogP contribution in [0.3, 0.4) is 0 Å². The van der Waals surface area contributed by atoms with Crippen LogP contribution < -0.4 is 10.6 Å². The summed E-state index contributed by atoms with van der Waals surface area (Å²) >= 11 is 0. The highest BCUT2D eigenvalue weighted by Crippen LogP contribution is 2.22. The Labute approximate surface area is 109 Å². The Bertz CT molecular complexity index is 400. The van der Waals surface area contributed by atoms with Crippen LogP contribution >= 0.6 is 0 Å². The minimum absolute atomic E-state index is 0.101. The average molecular weight is 246 g/mol. The second-order valence-corrected chi connectivity index (χ2v) is 5.53. The molecule has 0 aromatic heterocycles. The van der Waals surface area contributed by atoms with E-state index < -0.39 is 0 Å². The molecule has 98 valence electrons. The molecule has 0 spiro atoms. The van der Waals surface area contributed by atoms with Gasteiger partial charge in [0, 0.05) is 24.5 Å². The maximum absolute atomic E-state index is 11.6. The van der Waals surface area contributed by atoms with Crippen LogP contribution in [0.2, 0.25) is 0 Å². The van der Waals surface area contributed by atoms with E-state index in [1.54, 1.807) is 0 Å². The molecule has 3 heteroatoms. The van der Waals surface area contributed by atoms with Crippen molar-refractivity contribution in [3.05, 3.63) is 35.9 Å². The van der Waals surface area contributed by atoms with Crippen LogP contribution in [0.4, 0.5) is 0 Å². The quantitative estimate of drug-likeness (QED) is 0.858. The molecule has 18 heavy (non-hydrogen) atoms. The lowest BCUT2D eigenvalue weighted by atomic mass is 9.92. The molecule has 0 bridgehead atoms. The molecule has 1 saturated heterocycles. The molecule has 2 rings (SSSR count). The van der Waals surface area contributed by atoms with Gasteiger partial charge in [0.25, 0.3) is 0 Å². The van der Waals surface area contributed by atoms with E-state index in [9.17, 15) is 4.79 Å². The Morgan fingerprint density at radius 2 is 2.00 bits per heavy atom. The van der Waals surface area contributed by atoms with Crippen LogP contribution in [0.25, 0.3) is 0 Å². The molecule has 1 unspecified atom stereocenters. The maximum Gasteiger partial charge on any atom is 0.221 e. The molecular weight excluding hydrogens is 224 g/mol. The van der Waals surface area contributed by atoms with Gasteiger partial charge < -0.3 is 10.6 Å². The largest absolute Gasteiger partial charge is 0.356 e. The minimum atomic E-state index is -0.101. The van der Waals surface area contributed by atoms with E-state index in [0.717, 1.165) is 19.4 Å². The highest BCUT2D eigenvalue weighted by molar-refractivity contribution is 5.76. The number of hydrogen-bond donors (Lipinski definition) is 2. The van der Waals surface area contributed by atoms with Crippen LogP contribution in [-0.4, -0.2) is 18.5 Å². The predicted octanol–water partition coefficient (Wildman–Crippen LogP) is 2.18. The van der Waals surface area contributed by atoms with Gasteiger partial charge in [-0.25, -0.2) is 0 Å². The van der Waals surface area contributed by atoms with E-state index in [-0.39, 0.29) is 17.5 Å². The van der Waals surface area contributed by atoms with Crippen LogP contribution in [0, 0.1) is 0 Å². The van der Waals surface area contributed by atoms with Crippen molar-refractivity contribution >= 4 is 5.91 Å². The van der Waals surface area contributed by atoms with Crippen LogP contribution in [0.1, 0.15) is 38.7 Å². The monoisotopic (exact) mass is 246 g/mol. The van der Waals surface area contributed by atoms with Gasteiger partial charge in [0.05, 0.1) is 0 Å². The SMILES string of the molecule is CC(C)(NC1CCCNC(=O)C1)c1ccccc1. The topological polar surface area (TPSA) is 41.1 Å². The predicted molar refractivity (Wildman–Crippen MR) is 73.3 cm³/mol. The first-order chi connectivity index (χ1) is 8.58. The standard InChI is InChI=1S/C15H22N2O/c1-15(2,12-7-4-3-5-8-12)17-13-9-6-10-16-14(18)11-13/h3-5,7-8,13,17H,6,9-11H2,1-2H3,(H,16,18). The van der Waals surface area contributed by atoms with Gasteiger partial charge in [0.15, 0.2) is 0 Å². The van der Waals surface area contributed by atoms with Crippen molar-refractivity contribution in [2.75, 3.05) is 6.54 Å². The van der Waals surface area contributed by atoms with E-state index in [1.807, 2.05) is 6.07 Å². The molecule has 0 aliphatic carbocycles. The number of amides is 1. The lowest BCUT2D eigenvalue weighted by Gasteiger charge is -2.31. The fraction of sp³-hybridized carbons (Fsp3) is 0.533. The molecule has 1 aliphatic heterocycles. The summed E-state index contributed by atoms with van der Waals surface area (Å²) in [7, 11) is 0. The average Bonchev–Trinajstić information content (AvgIpc) is 2.54. The molecule has 3 nitrogen and oxygen atoms in total. The molecule has 1 heterocycles. The third-order valence-corrected chi connectivity index (χ3v) is 3.54. The molecule has 2 N–H and O–H groups in total. The number of carbonyl (C=O) groups is 1. The van der Waals surface area contributed by atoms with Gasteiger partial charge in [-0.15, -0.1) is 0 Å². The van der Waals surface area contributed by atoms with Crippen LogP contribution in [0.5, 0.6) is 0 Å². The third-order valence-electron chi connectivity index (χ3n) is 3.54. The van der Waals surface area contributed by atoms with Crippen molar-refractivity contribution in [3.63, 3.8) is 0 Å². The van der Waals surface area contributed by atoms with Gasteiger partial charge in [-0.1, -0.05) is 30.3 Å². The summed E-state index contributed by atoms with van der Waals surface area (Å²) in [5, 5.41) is 6.54. The van der Waals surface area contributed by atoms with Gasteiger partial charge in [0.2, 0.25) is 5.91 Å². The van der Waals surface area contributed by atoms with Crippen molar-refractivity contribution in [2.45, 2.75) is 44.7 Å². The Balaban J connectivity index is 2.05. The van der Waals surface area contributed by atoms with Gasteiger partial charge in [0.1, 0.15) is 0 Å². The van der Waals surface area contributed by atoms with Crippen molar-refractivity contribution < 1.29 is 4.79 Å². The fourth-order valence-corrected chi connectivity index (χ4v) is 2.55. The van der Waals surface area contributed by atoms with E-state index in [2.05, 4.69) is 48.7 Å². The fourth-order valence-electron chi connectivity index (χ4n) is 2.55. The number of benzene rings is 1. The minimum Gasteiger partial charge on any atom is -0.356 e. The molecule has 1 atom stereocenters. The lowest BCUT2D eigenvalue weighted by Crippen LogP contribution is -2.44. The molecule has 1 fully saturated rings. The first-order valence-electron chi connectivity index (χ1n) is 6.68. The summed E-state index contributed by atoms with van der Waals surface area (Å²) in [6.07, 6.45) is 2.68. The molecule has 1 aromatic rings. The Kier molecular flexibility index (Phi) is 4.02. The van der Waals surface area contributed by atoms with Crippen molar-refractivity contribution in [2.24, 2.45) is 0 Å². The lowest BCUT2D eigenvalue weighted by molar-refractivity contribution is -0.121. The zero-order valence-electron chi connectivity index (χ0n) is 11.2. The van der Waals surface area contributed by atoms with Gasteiger partial charge >= 0.3 is 0 Å². The van der Waals surface area contributed by atoms with E-state index >= 15 is 0 Å². The Hall–Kier alpha value is -1.35. The molecule has 0 saturated carbocycles. The van der Waals surface area contributed by atoms with Crippen molar-refractivity contribution in [1.29, 1.82) is 0 Å². The number of nitrogens with one attached hydrogen (secondary N) is 2. The Morgan fingerprint density at radius 3 is 2.72 bits per heavy atom. The first kappa shape index (κ1) is 13.1. The zero-order chi connectivity index (χ0) is 13.0. The van der Waals surface area contributed by atoms with Crippen molar-refractivity contribution in [1.82, 2.24) is 10.6 Å². The smallest absolute Gasteiger partial charge is 0.221 e. The van der Waals surface area contributed by atoms with Crippen molar-refractivity contribution in [3.8, 4) is 0 Å². The number of rotatable bonds is 3. The summed E-state index contributed by atoms with van der Waals surface area (Å²) in [5.74, 6) is 0.161. The zero-order valence-corrected chi connectivity index (χ0v) is 11.2. The third kappa shape index (κ3) is 3.33. The maximum atomic E-state index is 11.6. The van der Waals surface area contributed by atoms with Crippen LogP contribution in [0.15, 0.2) is 30.3 Å². The molecule has 0 radical (unpaired) electrons. The van der Waals surface area contributed by atoms with E-state index in [1.165, 1.54) is 5.56 Å². The molecule has 1 aliphatic rings. The summed E-state index contributed by atoms with van der Waals surface area (Å²) < 4.78 is 0. The highest BCUT2D eigenvalue weighted by Gasteiger charge is 2.26. The van der Waals surface area contributed by atoms with E-state index in [4.69, 9.17) is 0 Å². The normalized spacial score (nSPS) is 21.2. The summed E-state index contributed by atoms with van der Waals surface area (Å²) in [4.78, 5) is 11.6. The van der Waals surface area contributed by atoms with Gasteiger partial charge in [-0.3, -0.25) is 4.79 Å². The molecular formula is C15H22N2O.